The van der Waals surface area contributed by atoms with Gasteiger partial charge in [0.2, 0.25) is 0 Å². The van der Waals surface area contributed by atoms with Crippen molar-refractivity contribution in [2.24, 2.45) is 0 Å². The molecule has 1 aliphatic heterocycles. The highest BCUT2D eigenvalue weighted by Crippen LogP contribution is 2.30. The number of carbonyl (C=O) groups is 1. The number of amides is 1. The van der Waals surface area contributed by atoms with E-state index in [9.17, 15) is 4.79 Å². The number of anilines is 2. The first-order chi connectivity index (χ1) is 15.4. The molecule has 3 N–H and O–H groups in total. The number of rotatable bonds is 3. The van der Waals surface area contributed by atoms with Crippen LogP contribution in [0.3, 0.4) is 0 Å². The molecule has 1 aromatic carbocycles. The van der Waals surface area contributed by atoms with Crippen LogP contribution in [-0.2, 0) is 4.74 Å². The van der Waals surface area contributed by atoms with E-state index in [4.69, 9.17) is 4.74 Å². The molecule has 0 saturated heterocycles. The fourth-order valence-corrected chi connectivity index (χ4v) is 3.77. The Hall–Kier alpha value is -3.88. The highest BCUT2D eigenvalue weighted by atomic mass is 16.6. The van der Waals surface area contributed by atoms with Crippen LogP contribution in [-0.4, -0.2) is 54.6 Å². The summed E-state index contributed by atoms with van der Waals surface area (Å²) in [6.07, 6.45) is 5.73. The summed E-state index contributed by atoms with van der Waals surface area (Å²) in [6, 6.07) is 7.98. The third-order valence-electron chi connectivity index (χ3n) is 5.32. The molecule has 0 spiro atoms. The Kier molecular flexibility index (Phi) is 4.80. The van der Waals surface area contributed by atoms with Gasteiger partial charge in [0.1, 0.15) is 23.4 Å². The molecule has 3 aromatic heterocycles. The SMILES string of the molecule is CC(C)(C)OC(=O)N1CC=C(c2cc3c(Nc4ccc5nc[nH]c5c4)ncnc3[nH]2)CC1. The topological polar surface area (TPSA) is 112 Å². The maximum atomic E-state index is 12.3. The van der Waals surface area contributed by atoms with Crippen LogP contribution in [0.25, 0.3) is 27.6 Å². The molecule has 4 aromatic rings. The molecule has 1 aliphatic rings. The van der Waals surface area contributed by atoms with Crippen molar-refractivity contribution in [1.29, 1.82) is 0 Å². The number of aromatic amines is 2. The number of H-pyrrole nitrogens is 2. The molecule has 0 aliphatic carbocycles. The first-order valence-electron chi connectivity index (χ1n) is 10.6. The standard InChI is InChI=1S/C23H25N7O2/c1-23(2,3)32-22(31)30-8-6-14(7-9-30)18-11-16-20(26-13-27-21(16)29-18)28-15-4-5-17-19(10-15)25-12-24-17/h4-6,10-13H,7-9H2,1-3H3,(H,24,25)(H2,26,27,28,29). The second-order valence-corrected chi connectivity index (χ2v) is 8.83. The normalized spacial score (nSPS) is 14.6. The summed E-state index contributed by atoms with van der Waals surface area (Å²) in [7, 11) is 0. The van der Waals surface area contributed by atoms with E-state index >= 15 is 0 Å². The van der Waals surface area contributed by atoms with Crippen molar-refractivity contribution in [3.8, 4) is 0 Å². The van der Waals surface area contributed by atoms with Crippen LogP contribution < -0.4 is 5.32 Å². The monoisotopic (exact) mass is 431 g/mol. The van der Waals surface area contributed by atoms with E-state index < -0.39 is 5.60 Å². The molecule has 5 rings (SSSR count). The maximum absolute atomic E-state index is 12.3. The summed E-state index contributed by atoms with van der Waals surface area (Å²) in [5.41, 5.74) is 5.17. The van der Waals surface area contributed by atoms with E-state index in [2.05, 4.69) is 42.4 Å². The Morgan fingerprint density at radius 1 is 1.19 bits per heavy atom. The van der Waals surface area contributed by atoms with Crippen molar-refractivity contribution in [3.05, 3.63) is 48.7 Å². The first kappa shape index (κ1) is 20.0. The van der Waals surface area contributed by atoms with Crippen molar-refractivity contribution in [2.75, 3.05) is 18.4 Å². The molecule has 0 unspecified atom stereocenters. The van der Waals surface area contributed by atoms with Gasteiger partial charge in [-0.1, -0.05) is 6.08 Å². The zero-order valence-corrected chi connectivity index (χ0v) is 18.3. The van der Waals surface area contributed by atoms with E-state index in [0.717, 1.165) is 51.3 Å². The van der Waals surface area contributed by atoms with Gasteiger partial charge in [-0.2, -0.15) is 0 Å². The van der Waals surface area contributed by atoms with Gasteiger partial charge < -0.3 is 24.9 Å². The Morgan fingerprint density at radius 2 is 2.06 bits per heavy atom. The number of nitrogens with one attached hydrogen (secondary N) is 3. The first-order valence-corrected chi connectivity index (χ1v) is 10.6. The Balaban J connectivity index is 1.37. The minimum absolute atomic E-state index is 0.281. The van der Waals surface area contributed by atoms with Crippen molar-refractivity contribution >= 4 is 45.2 Å². The molecule has 0 fully saturated rings. The number of carbonyl (C=O) groups excluding carboxylic acids is 1. The number of ether oxygens (including phenoxy) is 1. The van der Waals surface area contributed by atoms with Gasteiger partial charge in [0.15, 0.2) is 0 Å². The van der Waals surface area contributed by atoms with Crippen LogP contribution in [0.2, 0.25) is 0 Å². The van der Waals surface area contributed by atoms with Gasteiger partial charge in [-0.15, -0.1) is 0 Å². The lowest BCUT2D eigenvalue weighted by molar-refractivity contribution is 0.0270. The van der Waals surface area contributed by atoms with Crippen molar-refractivity contribution < 1.29 is 9.53 Å². The second-order valence-electron chi connectivity index (χ2n) is 8.83. The van der Waals surface area contributed by atoms with E-state index in [1.54, 1.807) is 17.6 Å². The lowest BCUT2D eigenvalue weighted by atomic mass is 10.1. The lowest BCUT2D eigenvalue weighted by Crippen LogP contribution is -2.39. The summed E-state index contributed by atoms with van der Waals surface area (Å²) in [6.45, 7) is 6.75. The molecule has 0 bridgehead atoms. The van der Waals surface area contributed by atoms with Gasteiger partial charge in [-0.05, 0) is 57.0 Å². The average Bonchev–Trinajstić information content (AvgIpc) is 3.40. The molecule has 0 saturated carbocycles. The second kappa shape index (κ2) is 7.67. The molecule has 164 valence electrons. The fraction of sp³-hybridized carbons (Fsp3) is 0.304. The van der Waals surface area contributed by atoms with Crippen LogP contribution >= 0.6 is 0 Å². The van der Waals surface area contributed by atoms with Crippen molar-refractivity contribution in [1.82, 2.24) is 29.8 Å². The van der Waals surface area contributed by atoms with E-state index in [1.807, 2.05) is 39.0 Å². The van der Waals surface area contributed by atoms with Crippen LogP contribution in [0.1, 0.15) is 32.9 Å². The Labute approximate surface area is 184 Å². The molecule has 9 heteroatoms. The molecule has 0 atom stereocenters. The molecule has 0 radical (unpaired) electrons. The highest BCUT2D eigenvalue weighted by Gasteiger charge is 2.24. The number of aromatic nitrogens is 5. The predicted molar refractivity (Wildman–Crippen MR) is 124 cm³/mol. The van der Waals surface area contributed by atoms with Crippen LogP contribution in [0.15, 0.2) is 43.0 Å². The Bertz CT molecular complexity index is 1330. The van der Waals surface area contributed by atoms with Gasteiger partial charge in [-0.3, -0.25) is 0 Å². The van der Waals surface area contributed by atoms with Gasteiger partial charge >= 0.3 is 6.09 Å². The minimum atomic E-state index is -0.498. The highest BCUT2D eigenvalue weighted by molar-refractivity contribution is 5.93. The van der Waals surface area contributed by atoms with E-state index in [0.29, 0.717) is 13.1 Å². The number of benzene rings is 1. The van der Waals surface area contributed by atoms with E-state index in [-0.39, 0.29) is 6.09 Å². The fourth-order valence-electron chi connectivity index (χ4n) is 3.77. The summed E-state index contributed by atoms with van der Waals surface area (Å²) in [5.74, 6) is 0.725. The van der Waals surface area contributed by atoms with Gasteiger partial charge in [0.05, 0.1) is 22.7 Å². The number of imidazole rings is 1. The summed E-state index contributed by atoms with van der Waals surface area (Å²) in [4.78, 5) is 33.6. The summed E-state index contributed by atoms with van der Waals surface area (Å²) in [5, 5.41) is 4.29. The molecule has 1 amide bonds. The quantitative estimate of drug-likeness (QED) is 0.437. The van der Waals surface area contributed by atoms with Gasteiger partial charge in [-0.25, -0.2) is 19.7 Å². The number of nitrogens with zero attached hydrogens (tertiary/aromatic N) is 4. The molecule has 32 heavy (non-hydrogen) atoms. The van der Waals surface area contributed by atoms with Crippen LogP contribution in [0, 0.1) is 0 Å². The minimum Gasteiger partial charge on any atom is -0.444 e. The van der Waals surface area contributed by atoms with Crippen LogP contribution in [0.4, 0.5) is 16.3 Å². The molecular weight excluding hydrogens is 406 g/mol. The predicted octanol–water partition coefficient (Wildman–Crippen LogP) is 4.60. The van der Waals surface area contributed by atoms with Crippen molar-refractivity contribution in [3.63, 3.8) is 0 Å². The number of fused-ring (bicyclic) bond motifs is 2. The maximum Gasteiger partial charge on any atom is 0.410 e. The lowest BCUT2D eigenvalue weighted by Gasteiger charge is -2.29. The van der Waals surface area contributed by atoms with E-state index in [1.165, 1.54) is 0 Å². The number of hydrogen-bond donors (Lipinski definition) is 3. The number of hydrogen-bond acceptors (Lipinski definition) is 6. The average molecular weight is 432 g/mol. The smallest absolute Gasteiger partial charge is 0.410 e. The third-order valence-corrected chi connectivity index (χ3v) is 5.32. The molecule has 4 heterocycles. The Morgan fingerprint density at radius 3 is 2.84 bits per heavy atom. The van der Waals surface area contributed by atoms with Crippen LogP contribution in [0.5, 0.6) is 0 Å². The van der Waals surface area contributed by atoms with Gasteiger partial charge in [0, 0.05) is 24.5 Å². The molecule has 9 nitrogen and oxygen atoms in total. The zero-order chi connectivity index (χ0) is 22.3. The van der Waals surface area contributed by atoms with Crippen molar-refractivity contribution in [2.45, 2.75) is 32.8 Å². The third kappa shape index (κ3) is 4.01. The summed E-state index contributed by atoms with van der Waals surface area (Å²) >= 11 is 0. The zero-order valence-electron chi connectivity index (χ0n) is 18.3. The summed E-state index contributed by atoms with van der Waals surface area (Å²) < 4.78 is 5.48. The van der Waals surface area contributed by atoms with Gasteiger partial charge in [0.25, 0.3) is 0 Å². The largest absolute Gasteiger partial charge is 0.444 e. The molecular formula is C23H25N7O2.